The number of halogens is 2. The van der Waals surface area contributed by atoms with Crippen molar-refractivity contribution in [2.45, 2.75) is 5.92 Å². The van der Waals surface area contributed by atoms with Gasteiger partial charge in [0.05, 0.1) is 12.0 Å². The molecule has 0 atom stereocenters. The van der Waals surface area contributed by atoms with Crippen LogP contribution in [0.15, 0.2) is 0 Å². The summed E-state index contributed by atoms with van der Waals surface area (Å²) in [6.07, 6.45) is 0. The minimum absolute atomic E-state index is 0.0686. The smallest absolute Gasteiger partial charge is 0.269 e. The lowest BCUT2D eigenvalue weighted by Crippen LogP contribution is -2.63. The Bertz CT molecular complexity index is 199. The minimum Gasteiger partial charge on any atom is -0.305 e. The van der Waals surface area contributed by atoms with Crippen molar-refractivity contribution in [3.8, 4) is 0 Å². The van der Waals surface area contributed by atoms with Gasteiger partial charge in [0, 0.05) is 19.6 Å². The van der Waals surface area contributed by atoms with Crippen LogP contribution in [0, 0.1) is 5.41 Å². The highest BCUT2D eigenvalue weighted by atomic mass is 19.3. The highest BCUT2D eigenvalue weighted by molar-refractivity contribution is 5.09. The fraction of sp³-hybridized carbons (Fsp3) is 1.00. The maximum Gasteiger partial charge on any atom is 0.269 e. The van der Waals surface area contributed by atoms with Crippen molar-refractivity contribution in [3.05, 3.63) is 0 Å². The van der Waals surface area contributed by atoms with Gasteiger partial charge in [0.15, 0.2) is 0 Å². The van der Waals surface area contributed by atoms with Crippen molar-refractivity contribution in [1.82, 2.24) is 9.80 Å². The molecular formula is C8H14F2N2. The summed E-state index contributed by atoms with van der Waals surface area (Å²) in [6, 6.07) is 0. The molecule has 0 aliphatic carbocycles. The molecule has 70 valence electrons. The Morgan fingerprint density at radius 2 is 1.33 bits per heavy atom. The quantitative estimate of drug-likeness (QED) is 0.530. The predicted molar refractivity (Wildman–Crippen MR) is 42.4 cm³/mol. The molecule has 2 saturated heterocycles. The summed E-state index contributed by atoms with van der Waals surface area (Å²) in [5.41, 5.74) is -0.726. The third kappa shape index (κ3) is 0.910. The van der Waals surface area contributed by atoms with Crippen LogP contribution in [0.3, 0.4) is 0 Å². The maximum atomic E-state index is 13.4. The fourth-order valence-electron chi connectivity index (χ4n) is 2.51. The van der Waals surface area contributed by atoms with Crippen LogP contribution in [-0.4, -0.2) is 56.0 Å². The van der Waals surface area contributed by atoms with Crippen LogP contribution in [0.2, 0.25) is 0 Å². The van der Waals surface area contributed by atoms with Gasteiger partial charge < -0.3 is 4.90 Å². The van der Waals surface area contributed by atoms with E-state index in [1.54, 1.807) is 11.9 Å². The molecule has 2 aliphatic rings. The highest BCUT2D eigenvalue weighted by Gasteiger charge is 2.63. The largest absolute Gasteiger partial charge is 0.305 e. The summed E-state index contributed by atoms with van der Waals surface area (Å²) in [5, 5.41) is 0. The van der Waals surface area contributed by atoms with Crippen LogP contribution in [0.4, 0.5) is 8.78 Å². The van der Waals surface area contributed by atoms with Gasteiger partial charge in [-0.25, -0.2) is 8.78 Å². The van der Waals surface area contributed by atoms with E-state index in [1.165, 1.54) is 0 Å². The summed E-state index contributed by atoms with van der Waals surface area (Å²) in [7, 11) is 3.65. The molecule has 2 nitrogen and oxygen atoms in total. The molecule has 0 aromatic heterocycles. The van der Waals surface area contributed by atoms with E-state index in [1.807, 2.05) is 11.9 Å². The third-order valence-corrected chi connectivity index (χ3v) is 2.96. The maximum absolute atomic E-state index is 13.4. The van der Waals surface area contributed by atoms with Gasteiger partial charge in [-0.2, -0.15) is 0 Å². The number of nitrogens with zero attached hydrogens (tertiary/aromatic N) is 2. The van der Waals surface area contributed by atoms with E-state index < -0.39 is 11.3 Å². The van der Waals surface area contributed by atoms with Crippen LogP contribution >= 0.6 is 0 Å². The zero-order valence-corrected chi connectivity index (χ0v) is 7.48. The molecule has 0 amide bonds. The molecule has 0 aromatic carbocycles. The Morgan fingerprint density at radius 1 is 0.917 bits per heavy atom. The molecule has 0 unspecified atom stereocenters. The molecule has 0 radical (unpaired) electrons. The molecule has 0 bridgehead atoms. The average molecular weight is 176 g/mol. The van der Waals surface area contributed by atoms with E-state index in [-0.39, 0.29) is 6.54 Å². The van der Waals surface area contributed by atoms with Crippen molar-refractivity contribution in [2.75, 3.05) is 40.3 Å². The summed E-state index contributed by atoms with van der Waals surface area (Å²) < 4.78 is 26.8. The van der Waals surface area contributed by atoms with E-state index in [4.69, 9.17) is 0 Å². The zero-order chi connectivity index (χ0) is 8.98. The van der Waals surface area contributed by atoms with Gasteiger partial charge in [0.1, 0.15) is 0 Å². The number of rotatable bonds is 0. The second kappa shape index (κ2) is 2.17. The first-order valence-corrected chi connectivity index (χ1v) is 4.20. The average Bonchev–Trinajstić information content (AvgIpc) is 2.00. The van der Waals surface area contributed by atoms with Crippen molar-refractivity contribution in [1.29, 1.82) is 0 Å². The lowest BCUT2D eigenvalue weighted by atomic mass is 9.77. The van der Waals surface area contributed by atoms with Crippen LogP contribution in [0.1, 0.15) is 0 Å². The zero-order valence-electron chi connectivity index (χ0n) is 7.48. The van der Waals surface area contributed by atoms with E-state index in [2.05, 4.69) is 0 Å². The SMILES string of the molecule is CN1CC(F)(F)C2(C1)CN(C)C2. The Balaban J connectivity index is 2.16. The third-order valence-electron chi connectivity index (χ3n) is 2.96. The first-order chi connectivity index (χ1) is 5.45. The molecule has 0 aromatic rings. The summed E-state index contributed by atoms with van der Waals surface area (Å²) in [6.45, 7) is 1.57. The van der Waals surface area contributed by atoms with Crippen LogP contribution < -0.4 is 0 Å². The molecule has 2 heterocycles. The van der Waals surface area contributed by atoms with Crippen LogP contribution in [0.25, 0.3) is 0 Å². The molecule has 12 heavy (non-hydrogen) atoms. The standard InChI is InChI=1S/C8H14F2N2/c1-11-3-7(4-11)5-12(2)6-8(7,9)10/h3-6H2,1-2H3. The van der Waals surface area contributed by atoms with Crippen LogP contribution in [-0.2, 0) is 0 Å². The monoisotopic (exact) mass is 176 g/mol. The lowest BCUT2D eigenvalue weighted by molar-refractivity contribution is -0.149. The Morgan fingerprint density at radius 3 is 1.58 bits per heavy atom. The van der Waals surface area contributed by atoms with Gasteiger partial charge in [-0.15, -0.1) is 0 Å². The molecule has 4 heteroatoms. The van der Waals surface area contributed by atoms with Gasteiger partial charge in [-0.3, -0.25) is 4.90 Å². The second-order valence-electron chi connectivity index (χ2n) is 4.33. The van der Waals surface area contributed by atoms with E-state index in [9.17, 15) is 8.78 Å². The Labute approximate surface area is 71.1 Å². The molecule has 2 rings (SSSR count). The van der Waals surface area contributed by atoms with Crippen molar-refractivity contribution >= 4 is 0 Å². The van der Waals surface area contributed by atoms with Gasteiger partial charge >= 0.3 is 0 Å². The number of likely N-dealkylation sites (tertiary alicyclic amines) is 2. The first kappa shape index (κ1) is 8.38. The van der Waals surface area contributed by atoms with Crippen molar-refractivity contribution in [3.63, 3.8) is 0 Å². The predicted octanol–water partition coefficient (Wildman–Crippen LogP) is 0.499. The second-order valence-corrected chi connectivity index (χ2v) is 4.33. The number of hydrogen-bond acceptors (Lipinski definition) is 2. The molecule has 2 aliphatic heterocycles. The summed E-state index contributed by atoms with van der Waals surface area (Å²) >= 11 is 0. The van der Waals surface area contributed by atoms with E-state index >= 15 is 0 Å². The lowest BCUT2D eigenvalue weighted by Gasteiger charge is -2.48. The first-order valence-electron chi connectivity index (χ1n) is 4.20. The molecular weight excluding hydrogens is 162 g/mol. The van der Waals surface area contributed by atoms with E-state index in [0.717, 1.165) is 0 Å². The molecule has 0 N–H and O–H groups in total. The minimum atomic E-state index is -2.48. The number of alkyl halides is 2. The highest BCUT2D eigenvalue weighted by Crippen LogP contribution is 2.48. The molecule has 2 fully saturated rings. The van der Waals surface area contributed by atoms with Gasteiger partial charge in [0.2, 0.25) is 0 Å². The van der Waals surface area contributed by atoms with Crippen molar-refractivity contribution in [2.24, 2.45) is 5.41 Å². The molecule has 0 saturated carbocycles. The van der Waals surface area contributed by atoms with Gasteiger partial charge in [0.25, 0.3) is 5.92 Å². The Hall–Kier alpha value is -0.220. The summed E-state index contributed by atoms with van der Waals surface area (Å²) in [4.78, 5) is 3.68. The van der Waals surface area contributed by atoms with Crippen molar-refractivity contribution < 1.29 is 8.78 Å². The fourth-order valence-corrected chi connectivity index (χ4v) is 2.51. The van der Waals surface area contributed by atoms with Gasteiger partial charge in [-0.05, 0) is 14.1 Å². The topological polar surface area (TPSA) is 6.48 Å². The molecule has 1 spiro atoms. The van der Waals surface area contributed by atoms with Crippen LogP contribution in [0.5, 0.6) is 0 Å². The summed E-state index contributed by atoms with van der Waals surface area (Å²) in [5.74, 6) is -2.48. The Kier molecular flexibility index (Phi) is 1.52. The normalized spacial score (nSPS) is 34.0. The number of hydrogen-bond donors (Lipinski definition) is 0. The van der Waals surface area contributed by atoms with E-state index in [0.29, 0.717) is 19.6 Å². The van der Waals surface area contributed by atoms with Gasteiger partial charge in [-0.1, -0.05) is 0 Å².